The Kier molecular flexibility index (Phi) is 6.72. The average molecular weight is 410 g/mol. The van der Waals surface area contributed by atoms with E-state index in [1.165, 1.54) is 6.92 Å². The van der Waals surface area contributed by atoms with Gasteiger partial charge in [-0.3, -0.25) is 14.4 Å². The van der Waals surface area contributed by atoms with Crippen LogP contribution in [0.25, 0.3) is 0 Å². The van der Waals surface area contributed by atoms with E-state index >= 15 is 0 Å². The molecule has 1 N–H and O–H groups in total. The number of rotatable bonds is 7. The molecule has 0 saturated heterocycles. The summed E-state index contributed by atoms with van der Waals surface area (Å²) in [6.07, 6.45) is -0.120. The van der Waals surface area contributed by atoms with E-state index in [1.807, 2.05) is 38.1 Å². The third-order valence-electron chi connectivity index (χ3n) is 4.69. The maximum absolute atomic E-state index is 12.7. The Labute approximate surface area is 176 Å². The molecule has 7 nitrogen and oxygen atoms in total. The molecule has 1 atom stereocenters. The van der Waals surface area contributed by atoms with Crippen LogP contribution in [-0.4, -0.2) is 43.1 Å². The van der Waals surface area contributed by atoms with E-state index in [0.29, 0.717) is 17.9 Å². The van der Waals surface area contributed by atoms with Crippen molar-refractivity contribution in [3.63, 3.8) is 0 Å². The first-order valence-corrected chi connectivity index (χ1v) is 9.99. The molecule has 1 aliphatic rings. The van der Waals surface area contributed by atoms with Gasteiger partial charge >= 0.3 is 5.97 Å². The number of anilines is 1. The van der Waals surface area contributed by atoms with Gasteiger partial charge in [0.05, 0.1) is 6.10 Å². The molecule has 7 heteroatoms. The number of ether oxygens (including phenoxy) is 2. The molecule has 158 valence electrons. The van der Waals surface area contributed by atoms with Gasteiger partial charge in [-0.1, -0.05) is 18.2 Å². The number of hydrogen-bond donors (Lipinski definition) is 1. The zero-order chi connectivity index (χ0) is 21.7. The van der Waals surface area contributed by atoms with E-state index in [4.69, 9.17) is 9.47 Å². The van der Waals surface area contributed by atoms with Gasteiger partial charge in [0.25, 0.3) is 11.8 Å². The summed E-state index contributed by atoms with van der Waals surface area (Å²) in [5.74, 6) is -0.691. The summed E-state index contributed by atoms with van der Waals surface area (Å²) in [6, 6.07) is 14.3. The van der Waals surface area contributed by atoms with Crippen molar-refractivity contribution in [2.24, 2.45) is 0 Å². The second kappa shape index (κ2) is 9.43. The Morgan fingerprint density at radius 3 is 2.43 bits per heavy atom. The minimum Gasteiger partial charge on any atom is -0.491 e. The summed E-state index contributed by atoms with van der Waals surface area (Å²) in [7, 11) is 0. The van der Waals surface area contributed by atoms with Crippen LogP contribution >= 0.6 is 0 Å². The zero-order valence-electron chi connectivity index (χ0n) is 17.4. The molecule has 0 saturated carbocycles. The van der Waals surface area contributed by atoms with Crippen molar-refractivity contribution in [3.8, 4) is 5.75 Å². The molecule has 0 radical (unpaired) electrons. The molecule has 3 rings (SSSR count). The molecule has 2 aromatic carbocycles. The van der Waals surface area contributed by atoms with E-state index in [0.717, 1.165) is 17.7 Å². The fourth-order valence-electron chi connectivity index (χ4n) is 3.29. The van der Waals surface area contributed by atoms with Crippen molar-refractivity contribution in [3.05, 3.63) is 59.7 Å². The van der Waals surface area contributed by atoms with Crippen LogP contribution in [0.1, 0.15) is 36.7 Å². The molecular weight excluding hydrogens is 384 g/mol. The molecule has 0 aliphatic carbocycles. The molecular formula is C23H26N2O5. The Morgan fingerprint density at radius 2 is 1.73 bits per heavy atom. The summed E-state index contributed by atoms with van der Waals surface area (Å²) >= 11 is 0. The Balaban J connectivity index is 1.48. The number of amides is 2. The van der Waals surface area contributed by atoms with Gasteiger partial charge in [0.2, 0.25) is 0 Å². The fourth-order valence-corrected chi connectivity index (χ4v) is 3.29. The lowest BCUT2D eigenvalue weighted by Crippen LogP contribution is -2.41. The van der Waals surface area contributed by atoms with Crippen LogP contribution in [0.5, 0.6) is 5.75 Å². The second-order valence-electron chi connectivity index (χ2n) is 7.37. The van der Waals surface area contributed by atoms with Gasteiger partial charge in [-0.05, 0) is 63.1 Å². The second-order valence-corrected chi connectivity index (χ2v) is 7.37. The third-order valence-corrected chi connectivity index (χ3v) is 4.69. The number of nitrogens with zero attached hydrogens (tertiary/aromatic N) is 1. The predicted molar refractivity (Wildman–Crippen MR) is 113 cm³/mol. The minimum atomic E-state index is -0.937. The van der Waals surface area contributed by atoms with E-state index in [-0.39, 0.29) is 18.6 Å². The number of esters is 1. The fraction of sp³-hybridized carbons (Fsp3) is 0.348. The van der Waals surface area contributed by atoms with Crippen LogP contribution < -0.4 is 15.0 Å². The number of hydrogen-bond acceptors (Lipinski definition) is 5. The van der Waals surface area contributed by atoms with Gasteiger partial charge in [0, 0.05) is 17.8 Å². The van der Waals surface area contributed by atoms with E-state index < -0.39 is 18.0 Å². The highest BCUT2D eigenvalue weighted by atomic mass is 16.5. The third kappa shape index (κ3) is 5.17. The Hall–Kier alpha value is -3.35. The van der Waals surface area contributed by atoms with Gasteiger partial charge in [0.1, 0.15) is 12.3 Å². The first kappa shape index (κ1) is 21.4. The van der Waals surface area contributed by atoms with E-state index in [1.54, 1.807) is 29.2 Å². The van der Waals surface area contributed by atoms with Gasteiger partial charge in [-0.15, -0.1) is 0 Å². The highest BCUT2D eigenvalue weighted by Crippen LogP contribution is 2.28. The van der Waals surface area contributed by atoms with E-state index in [2.05, 4.69) is 5.32 Å². The molecule has 0 spiro atoms. The van der Waals surface area contributed by atoms with Gasteiger partial charge in [0.15, 0.2) is 6.10 Å². The van der Waals surface area contributed by atoms with Crippen LogP contribution in [0.3, 0.4) is 0 Å². The number of benzene rings is 2. The first-order chi connectivity index (χ1) is 14.3. The average Bonchev–Trinajstić information content (AvgIpc) is 3.15. The van der Waals surface area contributed by atoms with Gasteiger partial charge in [-0.25, -0.2) is 0 Å². The lowest BCUT2D eigenvalue weighted by molar-refractivity contribution is -0.152. The van der Waals surface area contributed by atoms with Crippen molar-refractivity contribution in [2.75, 3.05) is 18.0 Å². The first-order valence-electron chi connectivity index (χ1n) is 9.99. The molecule has 0 aromatic heterocycles. The normalized spacial score (nSPS) is 13.5. The highest BCUT2D eigenvalue weighted by Gasteiger charge is 2.29. The highest BCUT2D eigenvalue weighted by molar-refractivity contribution is 5.99. The summed E-state index contributed by atoms with van der Waals surface area (Å²) in [5, 5.41) is 2.51. The topological polar surface area (TPSA) is 84.9 Å². The Bertz CT molecular complexity index is 923. The smallest absolute Gasteiger partial charge is 0.326 e. The summed E-state index contributed by atoms with van der Waals surface area (Å²) in [6.45, 7) is 5.61. The molecule has 1 heterocycles. The van der Waals surface area contributed by atoms with Crippen molar-refractivity contribution in [1.29, 1.82) is 0 Å². The quantitative estimate of drug-likeness (QED) is 0.710. The summed E-state index contributed by atoms with van der Waals surface area (Å²) < 4.78 is 10.8. The lowest BCUT2D eigenvalue weighted by atomic mass is 10.2. The van der Waals surface area contributed by atoms with Crippen LogP contribution in [-0.2, 0) is 20.7 Å². The van der Waals surface area contributed by atoms with Crippen LogP contribution in [0.15, 0.2) is 48.5 Å². The minimum absolute atomic E-state index is 0.0400. The molecule has 2 aromatic rings. The number of carbonyl (C=O) groups excluding carboxylic acids is 3. The Morgan fingerprint density at radius 1 is 1.03 bits per heavy atom. The van der Waals surface area contributed by atoms with Crippen LogP contribution in [0.4, 0.5) is 5.69 Å². The van der Waals surface area contributed by atoms with Crippen molar-refractivity contribution in [2.45, 2.75) is 39.4 Å². The number of nitrogens with one attached hydrogen (secondary N) is 1. The number of fused-ring (bicyclic) bond motifs is 1. The monoisotopic (exact) mass is 410 g/mol. The van der Waals surface area contributed by atoms with Crippen molar-refractivity contribution >= 4 is 23.5 Å². The van der Waals surface area contributed by atoms with Crippen molar-refractivity contribution < 1.29 is 23.9 Å². The maximum atomic E-state index is 12.7. The maximum Gasteiger partial charge on any atom is 0.326 e. The van der Waals surface area contributed by atoms with Gasteiger partial charge in [-0.2, -0.15) is 0 Å². The van der Waals surface area contributed by atoms with Gasteiger partial charge < -0.3 is 19.7 Å². The molecule has 1 unspecified atom stereocenters. The van der Waals surface area contributed by atoms with Crippen LogP contribution in [0.2, 0.25) is 0 Å². The number of para-hydroxylation sites is 1. The lowest BCUT2D eigenvalue weighted by Gasteiger charge is -2.21. The molecule has 2 amide bonds. The predicted octanol–water partition coefficient (Wildman–Crippen LogP) is 2.72. The molecule has 0 bridgehead atoms. The molecule has 30 heavy (non-hydrogen) atoms. The molecule has 1 aliphatic heterocycles. The largest absolute Gasteiger partial charge is 0.491 e. The standard InChI is InChI=1S/C23H26N2O5/c1-15(2)29-19-10-8-18(9-11-19)22(27)24-14-21(26)30-16(3)23(28)25-13-12-17-6-4-5-7-20(17)25/h4-11,15-16H,12-14H2,1-3H3,(H,24,27). The van der Waals surface area contributed by atoms with Crippen molar-refractivity contribution in [1.82, 2.24) is 5.32 Å². The number of carbonyl (C=O) groups is 3. The molecule has 0 fully saturated rings. The summed E-state index contributed by atoms with van der Waals surface area (Å²) in [4.78, 5) is 38.6. The summed E-state index contributed by atoms with van der Waals surface area (Å²) in [5.41, 5.74) is 2.35. The van der Waals surface area contributed by atoms with Crippen LogP contribution in [0, 0.1) is 0 Å². The SMILES string of the molecule is CC(C)Oc1ccc(C(=O)NCC(=O)OC(C)C(=O)N2CCc3ccccc32)cc1. The van der Waals surface area contributed by atoms with E-state index in [9.17, 15) is 14.4 Å². The zero-order valence-corrected chi connectivity index (χ0v) is 17.4.